The molecule has 20 heavy (non-hydrogen) atoms. The number of rotatable bonds is 5. The molecular formula is C12H14ClN3O3S. The lowest BCUT2D eigenvalue weighted by atomic mass is 10.2. The molecule has 1 unspecified atom stereocenters. The molecule has 0 bridgehead atoms. The van der Waals surface area contributed by atoms with Crippen LogP contribution in [0.1, 0.15) is 24.1 Å². The molecule has 1 aromatic heterocycles. The first-order chi connectivity index (χ1) is 9.44. The van der Waals surface area contributed by atoms with Gasteiger partial charge in [-0.25, -0.2) is 13.1 Å². The third-order valence-electron chi connectivity index (χ3n) is 2.82. The first kappa shape index (κ1) is 15.0. The van der Waals surface area contributed by atoms with Crippen LogP contribution in [0.4, 0.5) is 0 Å². The fraction of sp³-hybridized carbons (Fsp3) is 0.250. The summed E-state index contributed by atoms with van der Waals surface area (Å²) in [6.07, 6.45) is 3.15. The summed E-state index contributed by atoms with van der Waals surface area (Å²) in [6, 6.07) is 3.92. The minimum Gasteiger partial charge on any atom is -0.392 e. The highest BCUT2D eigenvalue weighted by Crippen LogP contribution is 2.24. The van der Waals surface area contributed by atoms with E-state index < -0.39 is 16.1 Å². The van der Waals surface area contributed by atoms with Crippen molar-refractivity contribution in [3.8, 4) is 0 Å². The molecule has 1 atom stereocenters. The maximum Gasteiger partial charge on any atom is 0.242 e. The van der Waals surface area contributed by atoms with Gasteiger partial charge in [-0.2, -0.15) is 5.10 Å². The fourth-order valence-corrected chi connectivity index (χ4v) is 3.50. The number of hydrogen-bond donors (Lipinski definition) is 3. The van der Waals surface area contributed by atoms with E-state index in [0.717, 1.165) is 0 Å². The number of aliphatic hydroxyl groups excluding tert-OH is 1. The van der Waals surface area contributed by atoms with Crippen LogP contribution in [-0.2, 0) is 16.6 Å². The summed E-state index contributed by atoms with van der Waals surface area (Å²) in [5.74, 6) is 0. The Morgan fingerprint density at radius 2 is 2.25 bits per heavy atom. The van der Waals surface area contributed by atoms with E-state index in [4.69, 9.17) is 16.7 Å². The predicted octanol–water partition coefficient (Wildman–Crippen LogP) is 1.59. The van der Waals surface area contributed by atoms with Crippen LogP contribution in [0.2, 0.25) is 5.02 Å². The number of halogens is 1. The van der Waals surface area contributed by atoms with Crippen molar-refractivity contribution in [2.24, 2.45) is 0 Å². The molecule has 0 amide bonds. The van der Waals surface area contributed by atoms with Crippen LogP contribution >= 0.6 is 11.6 Å². The third-order valence-corrected chi connectivity index (χ3v) is 4.84. The van der Waals surface area contributed by atoms with Crippen LogP contribution in [0.3, 0.4) is 0 Å². The summed E-state index contributed by atoms with van der Waals surface area (Å²) in [5.41, 5.74) is 1.19. The van der Waals surface area contributed by atoms with E-state index in [1.807, 2.05) is 0 Å². The van der Waals surface area contributed by atoms with E-state index in [-0.39, 0.29) is 16.5 Å². The van der Waals surface area contributed by atoms with E-state index in [1.165, 1.54) is 12.1 Å². The zero-order valence-corrected chi connectivity index (χ0v) is 12.2. The maximum atomic E-state index is 12.3. The highest BCUT2D eigenvalue weighted by Gasteiger charge is 2.22. The van der Waals surface area contributed by atoms with Crippen LogP contribution in [0.25, 0.3) is 0 Å². The molecule has 0 radical (unpaired) electrons. The summed E-state index contributed by atoms with van der Waals surface area (Å²) in [7, 11) is -3.78. The van der Waals surface area contributed by atoms with Crippen molar-refractivity contribution in [1.82, 2.24) is 14.9 Å². The Labute approximate surface area is 121 Å². The average Bonchev–Trinajstić information content (AvgIpc) is 2.92. The monoisotopic (exact) mass is 315 g/mol. The van der Waals surface area contributed by atoms with E-state index in [0.29, 0.717) is 11.1 Å². The Morgan fingerprint density at radius 3 is 2.85 bits per heavy atom. The molecule has 108 valence electrons. The van der Waals surface area contributed by atoms with Crippen LogP contribution in [0, 0.1) is 0 Å². The number of sulfonamides is 1. The molecular weight excluding hydrogens is 302 g/mol. The second-order valence-electron chi connectivity index (χ2n) is 4.30. The van der Waals surface area contributed by atoms with Crippen molar-refractivity contribution >= 4 is 21.6 Å². The summed E-state index contributed by atoms with van der Waals surface area (Å²) in [4.78, 5) is -0.0546. The molecule has 0 aliphatic heterocycles. The number of H-pyrrole nitrogens is 1. The first-order valence-corrected chi connectivity index (χ1v) is 7.70. The van der Waals surface area contributed by atoms with E-state index in [1.54, 1.807) is 25.4 Å². The van der Waals surface area contributed by atoms with Gasteiger partial charge in [-0.1, -0.05) is 17.7 Å². The Kier molecular flexibility index (Phi) is 4.44. The fourth-order valence-electron chi connectivity index (χ4n) is 1.71. The Morgan fingerprint density at radius 1 is 1.50 bits per heavy atom. The average molecular weight is 316 g/mol. The molecule has 1 heterocycles. The molecule has 3 N–H and O–H groups in total. The van der Waals surface area contributed by atoms with Crippen LogP contribution in [0.15, 0.2) is 35.5 Å². The van der Waals surface area contributed by atoms with Gasteiger partial charge in [0.2, 0.25) is 10.0 Å². The zero-order valence-electron chi connectivity index (χ0n) is 10.7. The molecule has 8 heteroatoms. The highest BCUT2D eigenvalue weighted by molar-refractivity contribution is 7.89. The SMILES string of the molecule is CC(NS(=O)(=O)c1cc(CO)ccc1Cl)c1cn[nH]c1. The highest BCUT2D eigenvalue weighted by atomic mass is 35.5. The lowest BCUT2D eigenvalue weighted by Gasteiger charge is -2.14. The molecule has 0 spiro atoms. The topological polar surface area (TPSA) is 95.1 Å². The van der Waals surface area contributed by atoms with Gasteiger partial charge >= 0.3 is 0 Å². The lowest BCUT2D eigenvalue weighted by molar-refractivity contribution is 0.281. The van der Waals surface area contributed by atoms with Crippen molar-refractivity contribution in [3.05, 3.63) is 46.7 Å². The normalized spacial score (nSPS) is 13.3. The van der Waals surface area contributed by atoms with Gasteiger partial charge in [0.1, 0.15) is 4.90 Å². The summed E-state index contributed by atoms with van der Waals surface area (Å²) < 4.78 is 27.2. The van der Waals surface area contributed by atoms with Crippen LogP contribution in [-0.4, -0.2) is 23.7 Å². The molecule has 6 nitrogen and oxygen atoms in total. The summed E-state index contributed by atoms with van der Waals surface area (Å²) >= 11 is 5.93. The number of nitrogens with zero attached hydrogens (tertiary/aromatic N) is 1. The summed E-state index contributed by atoms with van der Waals surface area (Å²) in [6.45, 7) is 1.45. The standard InChI is InChI=1S/C12H14ClN3O3S/c1-8(10-5-14-15-6-10)16-20(18,19)12-4-9(7-17)2-3-11(12)13/h2-6,8,16-17H,7H2,1H3,(H,14,15). The minimum atomic E-state index is -3.78. The predicted molar refractivity (Wildman–Crippen MR) is 74.7 cm³/mol. The van der Waals surface area contributed by atoms with Crippen LogP contribution in [0.5, 0.6) is 0 Å². The van der Waals surface area contributed by atoms with Gasteiger partial charge in [-0.05, 0) is 24.6 Å². The minimum absolute atomic E-state index is 0.0546. The van der Waals surface area contributed by atoms with E-state index in [9.17, 15) is 8.42 Å². The van der Waals surface area contributed by atoms with Crippen molar-refractivity contribution in [1.29, 1.82) is 0 Å². The zero-order chi connectivity index (χ0) is 14.8. The second kappa shape index (κ2) is 5.92. The maximum absolute atomic E-state index is 12.3. The molecule has 2 aromatic rings. The van der Waals surface area contributed by atoms with Crippen molar-refractivity contribution in [2.75, 3.05) is 0 Å². The molecule has 2 rings (SSSR count). The summed E-state index contributed by atoms with van der Waals surface area (Å²) in [5, 5.41) is 15.6. The Balaban J connectivity index is 2.31. The number of aliphatic hydroxyl groups is 1. The van der Waals surface area contributed by atoms with E-state index >= 15 is 0 Å². The number of nitrogens with one attached hydrogen (secondary N) is 2. The number of aromatic amines is 1. The Bertz CT molecular complexity index is 686. The first-order valence-electron chi connectivity index (χ1n) is 5.84. The second-order valence-corrected chi connectivity index (χ2v) is 6.39. The smallest absolute Gasteiger partial charge is 0.242 e. The number of aromatic nitrogens is 2. The molecule has 0 saturated carbocycles. The molecule has 1 aromatic carbocycles. The molecule has 0 fully saturated rings. The molecule has 0 saturated heterocycles. The van der Waals surface area contributed by atoms with Crippen molar-refractivity contribution < 1.29 is 13.5 Å². The quantitative estimate of drug-likeness (QED) is 0.781. The van der Waals surface area contributed by atoms with Gasteiger partial charge in [0.15, 0.2) is 0 Å². The van der Waals surface area contributed by atoms with Gasteiger partial charge in [0.25, 0.3) is 0 Å². The number of hydrogen-bond acceptors (Lipinski definition) is 4. The third kappa shape index (κ3) is 3.18. The van der Waals surface area contributed by atoms with Crippen molar-refractivity contribution in [3.63, 3.8) is 0 Å². The van der Waals surface area contributed by atoms with Gasteiger partial charge in [-0.15, -0.1) is 0 Å². The number of benzene rings is 1. The Hall–Kier alpha value is -1.41. The molecule has 0 aliphatic rings. The van der Waals surface area contributed by atoms with Gasteiger partial charge in [0.05, 0.1) is 17.8 Å². The van der Waals surface area contributed by atoms with Gasteiger partial charge in [-0.3, -0.25) is 5.10 Å². The largest absolute Gasteiger partial charge is 0.392 e. The van der Waals surface area contributed by atoms with Crippen molar-refractivity contribution in [2.45, 2.75) is 24.5 Å². The molecule has 0 aliphatic carbocycles. The lowest BCUT2D eigenvalue weighted by Crippen LogP contribution is -2.27. The van der Waals surface area contributed by atoms with Gasteiger partial charge < -0.3 is 5.11 Å². The van der Waals surface area contributed by atoms with Gasteiger partial charge in [0, 0.05) is 17.8 Å². The van der Waals surface area contributed by atoms with E-state index in [2.05, 4.69) is 14.9 Å². The van der Waals surface area contributed by atoms with Crippen LogP contribution < -0.4 is 4.72 Å².